The fourth-order valence-electron chi connectivity index (χ4n) is 3.89. The molecule has 0 saturated heterocycles. The molecule has 0 aliphatic carbocycles. The lowest BCUT2D eigenvalue weighted by molar-refractivity contribution is -0.115. The Hall–Kier alpha value is -3.95. The molecule has 0 bridgehead atoms. The fourth-order valence-corrected chi connectivity index (χ4v) is 3.89. The first-order valence-corrected chi connectivity index (χ1v) is 11.6. The lowest BCUT2D eigenvalue weighted by atomic mass is 9.93. The number of anilines is 2. The molecule has 36 heavy (non-hydrogen) atoms. The van der Waals surface area contributed by atoms with Crippen LogP contribution in [0.25, 0.3) is 0 Å². The number of phenolic OH excluding ortho intramolecular Hbond substituents is 1. The van der Waals surface area contributed by atoms with Crippen molar-refractivity contribution in [3.8, 4) is 5.75 Å². The second kappa shape index (κ2) is 11.7. The Labute approximate surface area is 210 Å². The van der Waals surface area contributed by atoms with E-state index in [-0.39, 0.29) is 35.8 Å². The highest BCUT2D eigenvalue weighted by Crippen LogP contribution is 2.27. The summed E-state index contributed by atoms with van der Waals surface area (Å²) in [5.41, 5.74) is 8.28. The first-order chi connectivity index (χ1) is 17.0. The molecule has 0 aliphatic rings. The van der Waals surface area contributed by atoms with Crippen LogP contribution in [0, 0.1) is 6.92 Å². The summed E-state index contributed by atoms with van der Waals surface area (Å²) in [4.78, 5) is 27.8. The number of pyridine rings is 1. The molecule has 9 nitrogen and oxygen atoms in total. The SMILES string of the molecule is Cc1cccnc1NC(=O)Cc1cccc(CC(C)(C)NC[C@H](O)c2ccc(O)c(NC(N)=O)c2)c1. The highest BCUT2D eigenvalue weighted by Gasteiger charge is 2.21. The molecule has 3 aromatic rings. The summed E-state index contributed by atoms with van der Waals surface area (Å²) in [6, 6.07) is 15.2. The van der Waals surface area contributed by atoms with Crippen LogP contribution >= 0.6 is 0 Å². The predicted molar refractivity (Wildman–Crippen MR) is 140 cm³/mol. The highest BCUT2D eigenvalue weighted by molar-refractivity contribution is 5.92. The number of hydrogen-bond donors (Lipinski definition) is 6. The number of aromatic hydroxyl groups is 1. The third kappa shape index (κ3) is 7.79. The van der Waals surface area contributed by atoms with Crippen LogP contribution in [-0.4, -0.2) is 39.2 Å². The number of aromatic nitrogens is 1. The molecule has 9 heteroatoms. The predicted octanol–water partition coefficient (Wildman–Crippen LogP) is 3.41. The summed E-state index contributed by atoms with van der Waals surface area (Å²) < 4.78 is 0. The van der Waals surface area contributed by atoms with Crippen LogP contribution in [0.4, 0.5) is 16.3 Å². The van der Waals surface area contributed by atoms with Gasteiger partial charge in [-0.25, -0.2) is 9.78 Å². The zero-order chi connectivity index (χ0) is 26.3. The van der Waals surface area contributed by atoms with Gasteiger partial charge in [0.2, 0.25) is 5.91 Å². The number of urea groups is 1. The van der Waals surface area contributed by atoms with Gasteiger partial charge < -0.3 is 31.9 Å². The van der Waals surface area contributed by atoms with E-state index in [1.807, 2.05) is 57.2 Å². The molecule has 1 heterocycles. The van der Waals surface area contributed by atoms with Crippen molar-refractivity contribution in [2.75, 3.05) is 17.2 Å². The smallest absolute Gasteiger partial charge is 0.316 e. The molecule has 2 aromatic carbocycles. The van der Waals surface area contributed by atoms with Crippen molar-refractivity contribution < 1.29 is 19.8 Å². The van der Waals surface area contributed by atoms with E-state index in [2.05, 4.69) is 20.9 Å². The lowest BCUT2D eigenvalue weighted by Gasteiger charge is -2.28. The summed E-state index contributed by atoms with van der Waals surface area (Å²) in [5.74, 6) is 0.295. The second-order valence-corrected chi connectivity index (χ2v) is 9.44. The Kier molecular flexibility index (Phi) is 8.63. The first kappa shape index (κ1) is 26.7. The van der Waals surface area contributed by atoms with Crippen molar-refractivity contribution in [2.24, 2.45) is 5.73 Å². The summed E-state index contributed by atoms with van der Waals surface area (Å²) in [5, 5.41) is 29.1. The van der Waals surface area contributed by atoms with E-state index in [1.165, 1.54) is 12.1 Å². The van der Waals surface area contributed by atoms with Gasteiger partial charge in [-0.15, -0.1) is 0 Å². The van der Waals surface area contributed by atoms with Gasteiger partial charge in [0, 0.05) is 18.3 Å². The minimum atomic E-state index is -0.872. The van der Waals surface area contributed by atoms with Crippen LogP contribution in [-0.2, 0) is 17.6 Å². The summed E-state index contributed by atoms with van der Waals surface area (Å²) in [6.45, 7) is 6.20. The Morgan fingerprint density at radius 2 is 1.81 bits per heavy atom. The summed E-state index contributed by atoms with van der Waals surface area (Å²) in [7, 11) is 0. The molecule has 0 spiro atoms. The average Bonchev–Trinajstić information content (AvgIpc) is 2.80. The molecule has 0 unspecified atom stereocenters. The average molecular weight is 492 g/mol. The molecule has 7 N–H and O–H groups in total. The molecule has 0 saturated carbocycles. The zero-order valence-corrected chi connectivity index (χ0v) is 20.7. The van der Waals surface area contributed by atoms with Crippen LogP contribution in [0.2, 0.25) is 0 Å². The number of rotatable bonds is 10. The van der Waals surface area contributed by atoms with Gasteiger partial charge in [-0.05, 0) is 67.6 Å². The number of aryl methyl sites for hydroxylation is 1. The maximum absolute atomic E-state index is 12.5. The molecule has 1 aromatic heterocycles. The van der Waals surface area contributed by atoms with Crippen LogP contribution in [0.15, 0.2) is 60.8 Å². The Bertz CT molecular complexity index is 1230. The topological polar surface area (TPSA) is 150 Å². The van der Waals surface area contributed by atoms with Crippen molar-refractivity contribution >= 4 is 23.4 Å². The number of aliphatic hydroxyl groups is 1. The van der Waals surface area contributed by atoms with Gasteiger partial charge in [0.05, 0.1) is 18.2 Å². The normalized spacial score (nSPS) is 12.1. The number of benzene rings is 2. The molecular formula is C27H33N5O4. The minimum Gasteiger partial charge on any atom is -0.506 e. The Morgan fingerprint density at radius 3 is 2.53 bits per heavy atom. The number of carbonyl (C=O) groups is 2. The van der Waals surface area contributed by atoms with E-state index >= 15 is 0 Å². The minimum absolute atomic E-state index is 0.131. The van der Waals surface area contributed by atoms with Crippen LogP contribution in [0.5, 0.6) is 5.75 Å². The number of primary amides is 1. The van der Waals surface area contributed by atoms with E-state index in [9.17, 15) is 19.8 Å². The first-order valence-electron chi connectivity index (χ1n) is 11.6. The number of carbonyl (C=O) groups excluding carboxylic acids is 2. The number of aliphatic hydroxyl groups excluding tert-OH is 1. The molecule has 0 aliphatic heterocycles. The number of nitrogens with two attached hydrogens (primary N) is 1. The van der Waals surface area contributed by atoms with Gasteiger partial charge in [0.25, 0.3) is 0 Å². The number of hydrogen-bond acceptors (Lipinski definition) is 6. The summed E-state index contributed by atoms with van der Waals surface area (Å²) in [6.07, 6.45) is 1.68. The van der Waals surface area contributed by atoms with Gasteiger partial charge in [-0.3, -0.25) is 4.79 Å². The largest absolute Gasteiger partial charge is 0.506 e. The van der Waals surface area contributed by atoms with Crippen molar-refractivity contribution in [3.63, 3.8) is 0 Å². The second-order valence-electron chi connectivity index (χ2n) is 9.44. The van der Waals surface area contributed by atoms with Crippen molar-refractivity contribution in [1.29, 1.82) is 0 Å². The maximum atomic E-state index is 12.5. The van der Waals surface area contributed by atoms with Gasteiger partial charge >= 0.3 is 6.03 Å². The van der Waals surface area contributed by atoms with Crippen LogP contribution in [0.1, 0.15) is 42.2 Å². The molecular weight excluding hydrogens is 458 g/mol. The van der Waals surface area contributed by atoms with Gasteiger partial charge in [0.15, 0.2) is 0 Å². The molecule has 190 valence electrons. The van der Waals surface area contributed by atoms with E-state index in [1.54, 1.807) is 12.3 Å². The van der Waals surface area contributed by atoms with E-state index in [0.29, 0.717) is 17.8 Å². The number of β-amino-alcohol motifs (C(OH)–C–C–N with tert-alkyl or cyclic N) is 1. The highest BCUT2D eigenvalue weighted by atomic mass is 16.3. The Balaban J connectivity index is 1.58. The quantitative estimate of drug-likeness (QED) is 0.239. The maximum Gasteiger partial charge on any atom is 0.316 e. The Morgan fingerprint density at radius 1 is 1.06 bits per heavy atom. The van der Waals surface area contributed by atoms with Gasteiger partial charge in [-0.1, -0.05) is 36.4 Å². The molecule has 3 rings (SSSR count). The number of nitrogens with zero attached hydrogens (tertiary/aromatic N) is 1. The molecule has 3 amide bonds. The van der Waals surface area contributed by atoms with Crippen LogP contribution in [0.3, 0.4) is 0 Å². The van der Waals surface area contributed by atoms with Crippen molar-refractivity contribution in [1.82, 2.24) is 10.3 Å². The lowest BCUT2D eigenvalue weighted by Crippen LogP contribution is -2.43. The monoisotopic (exact) mass is 491 g/mol. The summed E-state index contributed by atoms with van der Waals surface area (Å²) >= 11 is 0. The zero-order valence-electron chi connectivity index (χ0n) is 20.7. The van der Waals surface area contributed by atoms with E-state index < -0.39 is 12.1 Å². The number of phenols is 1. The molecule has 0 radical (unpaired) electrons. The van der Waals surface area contributed by atoms with Gasteiger partial charge in [0.1, 0.15) is 11.6 Å². The van der Waals surface area contributed by atoms with Crippen LogP contribution < -0.4 is 21.7 Å². The standard InChI is InChI=1S/C27H33N5O4/c1-17-6-5-11-29-25(17)32-24(35)13-18-7-4-8-19(12-18)15-27(2,3)30-16-23(34)20-9-10-22(33)21(14-20)31-26(28)36/h4-12,14,23,30,33-34H,13,15-16H2,1-3H3,(H3,28,31,36)(H,29,32,35)/t23-/m0/s1. The third-order valence-electron chi connectivity index (χ3n) is 5.71. The molecule has 1 atom stereocenters. The van der Waals surface area contributed by atoms with Crippen molar-refractivity contribution in [2.45, 2.75) is 45.3 Å². The van der Waals surface area contributed by atoms with E-state index in [0.717, 1.165) is 16.7 Å². The third-order valence-corrected chi connectivity index (χ3v) is 5.71. The fraction of sp³-hybridized carbons (Fsp3) is 0.296. The number of amides is 3. The van der Waals surface area contributed by atoms with E-state index in [4.69, 9.17) is 5.73 Å². The number of nitrogens with one attached hydrogen (secondary N) is 3. The van der Waals surface area contributed by atoms with Crippen molar-refractivity contribution in [3.05, 3.63) is 83.0 Å². The van der Waals surface area contributed by atoms with Gasteiger partial charge in [-0.2, -0.15) is 0 Å². The molecule has 0 fully saturated rings.